The third kappa shape index (κ3) is 3.86. The van der Waals surface area contributed by atoms with Crippen molar-refractivity contribution < 1.29 is 4.74 Å². The Bertz CT molecular complexity index is 683. The molecular weight excluding hydrogens is 335 g/mol. The minimum atomic E-state index is 0.226. The fraction of sp³-hybridized carbons (Fsp3) is 0.500. The lowest BCUT2D eigenvalue weighted by atomic mass is 10.1. The van der Waals surface area contributed by atoms with Crippen LogP contribution in [0.3, 0.4) is 0 Å². The van der Waals surface area contributed by atoms with Crippen molar-refractivity contribution in [2.24, 2.45) is 0 Å². The molecule has 1 aromatic heterocycles. The number of morpholine rings is 1. The lowest BCUT2D eigenvalue weighted by Gasteiger charge is -2.28. The van der Waals surface area contributed by atoms with Crippen LogP contribution in [0.5, 0.6) is 0 Å². The molecule has 1 unspecified atom stereocenters. The third-order valence-electron chi connectivity index (χ3n) is 3.95. The van der Waals surface area contributed by atoms with E-state index in [0.29, 0.717) is 10.0 Å². The van der Waals surface area contributed by atoms with E-state index < -0.39 is 0 Å². The van der Waals surface area contributed by atoms with Crippen molar-refractivity contribution in [3.05, 3.63) is 39.9 Å². The van der Waals surface area contributed by atoms with Gasteiger partial charge in [-0.25, -0.2) is 9.67 Å². The maximum Gasteiger partial charge on any atom is 0.148 e. The topological polar surface area (TPSA) is 43.2 Å². The van der Waals surface area contributed by atoms with Gasteiger partial charge in [0, 0.05) is 30.6 Å². The maximum atomic E-state index is 6.33. The predicted octanol–water partition coefficient (Wildman–Crippen LogP) is 3.32. The molecule has 1 fully saturated rings. The Morgan fingerprint density at radius 1 is 1.26 bits per heavy atom. The molecule has 2 heterocycles. The first kappa shape index (κ1) is 16.7. The molecule has 23 heavy (non-hydrogen) atoms. The van der Waals surface area contributed by atoms with E-state index in [1.165, 1.54) is 0 Å². The minimum Gasteiger partial charge on any atom is -0.379 e. The van der Waals surface area contributed by atoms with Gasteiger partial charge in [0.15, 0.2) is 0 Å². The Balaban J connectivity index is 1.89. The van der Waals surface area contributed by atoms with Crippen LogP contribution >= 0.6 is 23.2 Å². The Kier molecular flexibility index (Phi) is 5.21. The smallest absolute Gasteiger partial charge is 0.148 e. The zero-order valence-electron chi connectivity index (χ0n) is 13.3. The molecule has 5 nitrogen and oxygen atoms in total. The van der Waals surface area contributed by atoms with Crippen molar-refractivity contribution in [3.63, 3.8) is 0 Å². The molecule has 3 rings (SSSR count). The van der Waals surface area contributed by atoms with E-state index in [2.05, 4.69) is 21.9 Å². The van der Waals surface area contributed by atoms with Crippen LogP contribution in [0.1, 0.15) is 24.5 Å². The molecule has 124 valence electrons. The number of aromatic nitrogens is 3. The summed E-state index contributed by atoms with van der Waals surface area (Å²) in [6, 6.07) is 5.38. The van der Waals surface area contributed by atoms with Gasteiger partial charge in [0.1, 0.15) is 11.6 Å². The molecule has 2 aromatic rings. The van der Waals surface area contributed by atoms with Crippen LogP contribution in [0, 0.1) is 6.92 Å². The Hall–Kier alpha value is -1.14. The summed E-state index contributed by atoms with van der Waals surface area (Å²) >= 11 is 12.5. The van der Waals surface area contributed by atoms with E-state index in [1.807, 2.05) is 17.7 Å². The number of hydrogen-bond acceptors (Lipinski definition) is 4. The minimum absolute atomic E-state index is 0.226. The standard InChI is InChI=1S/C16H20Cl2N4O/c1-11(10-21-5-7-23-8-6-21)16-19-12(2)20-22(16)15-9-13(17)3-4-14(15)18/h3-4,9,11H,5-8,10H2,1-2H3. The van der Waals surface area contributed by atoms with Crippen LogP contribution in [0.2, 0.25) is 10.0 Å². The van der Waals surface area contributed by atoms with Crippen molar-refractivity contribution in [2.45, 2.75) is 19.8 Å². The van der Waals surface area contributed by atoms with Gasteiger partial charge in [-0.15, -0.1) is 0 Å². The lowest BCUT2D eigenvalue weighted by Crippen LogP contribution is -2.38. The largest absolute Gasteiger partial charge is 0.379 e. The molecule has 1 aliphatic heterocycles. The van der Waals surface area contributed by atoms with Gasteiger partial charge in [-0.2, -0.15) is 5.10 Å². The second-order valence-corrected chi connectivity index (χ2v) is 6.68. The zero-order valence-corrected chi connectivity index (χ0v) is 14.8. The first-order valence-corrected chi connectivity index (χ1v) is 8.49. The highest BCUT2D eigenvalue weighted by atomic mass is 35.5. The highest BCUT2D eigenvalue weighted by molar-refractivity contribution is 6.34. The SMILES string of the molecule is Cc1nc(C(C)CN2CCOCC2)n(-c2cc(Cl)ccc2Cl)n1. The summed E-state index contributed by atoms with van der Waals surface area (Å²) in [6.45, 7) is 8.45. The molecule has 0 aliphatic carbocycles. The maximum absolute atomic E-state index is 6.33. The molecule has 0 saturated carbocycles. The van der Waals surface area contributed by atoms with E-state index in [1.54, 1.807) is 12.1 Å². The van der Waals surface area contributed by atoms with E-state index >= 15 is 0 Å². The van der Waals surface area contributed by atoms with Crippen molar-refractivity contribution >= 4 is 23.2 Å². The van der Waals surface area contributed by atoms with Gasteiger partial charge in [-0.1, -0.05) is 30.1 Å². The number of hydrogen-bond donors (Lipinski definition) is 0. The third-order valence-corrected chi connectivity index (χ3v) is 4.51. The summed E-state index contributed by atoms with van der Waals surface area (Å²) in [5.74, 6) is 1.85. The first-order valence-electron chi connectivity index (χ1n) is 7.73. The summed E-state index contributed by atoms with van der Waals surface area (Å²) in [5.41, 5.74) is 0.767. The molecule has 7 heteroatoms. The van der Waals surface area contributed by atoms with Gasteiger partial charge in [0.25, 0.3) is 0 Å². The number of aryl methyl sites for hydroxylation is 1. The fourth-order valence-corrected chi connectivity index (χ4v) is 3.19. The van der Waals surface area contributed by atoms with Crippen molar-refractivity contribution in [1.29, 1.82) is 0 Å². The second-order valence-electron chi connectivity index (χ2n) is 5.84. The highest BCUT2D eigenvalue weighted by Gasteiger charge is 2.21. The summed E-state index contributed by atoms with van der Waals surface area (Å²) in [5, 5.41) is 5.76. The quantitative estimate of drug-likeness (QED) is 0.844. The van der Waals surface area contributed by atoms with Crippen LogP contribution in [0.4, 0.5) is 0 Å². The molecule has 0 N–H and O–H groups in total. The van der Waals surface area contributed by atoms with Gasteiger partial charge in [-0.3, -0.25) is 4.90 Å². The van der Waals surface area contributed by atoms with E-state index in [-0.39, 0.29) is 5.92 Å². The van der Waals surface area contributed by atoms with Gasteiger partial charge in [0.05, 0.1) is 23.9 Å². The van der Waals surface area contributed by atoms with Crippen LogP contribution in [-0.4, -0.2) is 52.5 Å². The molecule has 0 radical (unpaired) electrons. The molecule has 0 spiro atoms. The number of rotatable bonds is 4. The summed E-state index contributed by atoms with van der Waals surface area (Å²) in [4.78, 5) is 7.01. The van der Waals surface area contributed by atoms with E-state index in [0.717, 1.165) is 50.2 Å². The molecular formula is C16H20Cl2N4O. The fourth-order valence-electron chi connectivity index (χ4n) is 2.83. The highest BCUT2D eigenvalue weighted by Crippen LogP contribution is 2.27. The molecule has 1 aliphatic rings. The Morgan fingerprint density at radius 2 is 2.00 bits per heavy atom. The van der Waals surface area contributed by atoms with E-state index in [4.69, 9.17) is 27.9 Å². The number of benzene rings is 1. The summed E-state index contributed by atoms with van der Waals surface area (Å²) in [6.07, 6.45) is 0. The Labute approximate surface area is 146 Å². The molecule has 0 bridgehead atoms. The number of ether oxygens (including phenoxy) is 1. The van der Waals surface area contributed by atoms with Crippen molar-refractivity contribution in [1.82, 2.24) is 19.7 Å². The average molecular weight is 355 g/mol. The van der Waals surface area contributed by atoms with Gasteiger partial charge >= 0.3 is 0 Å². The number of nitrogens with zero attached hydrogens (tertiary/aromatic N) is 4. The summed E-state index contributed by atoms with van der Waals surface area (Å²) < 4.78 is 7.22. The number of halogens is 2. The molecule has 1 aromatic carbocycles. The van der Waals surface area contributed by atoms with Crippen molar-refractivity contribution in [3.8, 4) is 5.69 Å². The predicted molar refractivity (Wildman–Crippen MR) is 91.8 cm³/mol. The first-order chi connectivity index (χ1) is 11.0. The molecule has 1 saturated heterocycles. The zero-order chi connectivity index (χ0) is 16.4. The van der Waals surface area contributed by atoms with Crippen molar-refractivity contribution in [2.75, 3.05) is 32.8 Å². The van der Waals surface area contributed by atoms with Gasteiger partial charge in [-0.05, 0) is 25.1 Å². The second kappa shape index (κ2) is 7.18. The lowest BCUT2D eigenvalue weighted by molar-refractivity contribution is 0.0353. The van der Waals surface area contributed by atoms with E-state index in [9.17, 15) is 0 Å². The van der Waals surface area contributed by atoms with Crippen LogP contribution in [0.15, 0.2) is 18.2 Å². The van der Waals surface area contributed by atoms with Crippen LogP contribution < -0.4 is 0 Å². The van der Waals surface area contributed by atoms with Gasteiger partial charge in [0.2, 0.25) is 0 Å². The normalized spacial score (nSPS) is 17.4. The monoisotopic (exact) mass is 354 g/mol. The Morgan fingerprint density at radius 3 is 2.74 bits per heavy atom. The average Bonchev–Trinajstić information content (AvgIpc) is 2.92. The summed E-state index contributed by atoms with van der Waals surface area (Å²) in [7, 11) is 0. The van der Waals surface area contributed by atoms with Gasteiger partial charge < -0.3 is 4.74 Å². The molecule has 0 amide bonds. The molecule has 1 atom stereocenters. The van der Waals surface area contributed by atoms with Crippen LogP contribution in [-0.2, 0) is 4.74 Å². The van der Waals surface area contributed by atoms with Crippen LogP contribution in [0.25, 0.3) is 5.69 Å².